The topological polar surface area (TPSA) is 83.1 Å². The molecule has 1 amide bonds. The van der Waals surface area contributed by atoms with Crippen molar-refractivity contribution < 1.29 is 4.79 Å². The molecule has 24 heavy (non-hydrogen) atoms. The predicted octanol–water partition coefficient (Wildman–Crippen LogP) is 3.25. The van der Waals surface area contributed by atoms with Crippen molar-refractivity contribution in [2.75, 3.05) is 7.05 Å². The van der Waals surface area contributed by atoms with Crippen LogP contribution in [0.3, 0.4) is 0 Å². The number of guanidine groups is 1. The van der Waals surface area contributed by atoms with Crippen LogP contribution in [0.15, 0.2) is 42.7 Å². The van der Waals surface area contributed by atoms with Crippen LogP contribution < -0.4 is 5.73 Å². The Hall–Kier alpha value is -2.40. The summed E-state index contributed by atoms with van der Waals surface area (Å²) in [7, 11) is 1.55. The third kappa shape index (κ3) is 3.41. The summed E-state index contributed by atoms with van der Waals surface area (Å²) in [6.45, 7) is 0. The zero-order chi connectivity index (χ0) is 17.3. The van der Waals surface area contributed by atoms with E-state index >= 15 is 0 Å². The molecule has 0 unspecified atom stereocenters. The smallest absolute Gasteiger partial charge is 0.236 e. The van der Waals surface area contributed by atoms with Crippen LogP contribution in [0.2, 0.25) is 5.02 Å². The Bertz CT molecular complexity index is 788. The number of hydrogen-bond acceptors (Lipinski definition) is 3. The molecule has 1 aliphatic rings. The largest absolute Gasteiger partial charge is 0.370 e. The first-order valence-electron chi connectivity index (χ1n) is 7.80. The fourth-order valence-electron chi connectivity index (χ4n) is 2.85. The van der Waals surface area contributed by atoms with E-state index in [0.29, 0.717) is 10.9 Å². The number of aromatic nitrogens is 1. The van der Waals surface area contributed by atoms with Gasteiger partial charge in [0.25, 0.3) is 0 Å². The molecule has 6 heteroatoms. The zero-order valence-corrected chi connectivity index (χ0v) is 14.1. The summed E-state index contributed by atoms with van der Waals surface area (Å²) in [6.07, 6.45) is 5.38. The molecule has 1 aliphatic carbocycles. The van der Waals surface area contributed by atoms with Crippen LogP contribution in [0, 0.1) is 11.3 Å². The van der Waals surface area contributed by atoms with Gasteiger partial charge in [-0.25, -0.2) is 0 Å². The highest BCUT2D eigenvalue weighted by Gasteiger charge is 2.39. The number of nitrogens with one attached hydrogen (secondary N) is 1. The maximum Gasteiger partial charge on any atom is 0.236 e. The number of nitrogens with two attached hydrogens (primary N) is 1. The van der Waals surface area contributed by atoms with Crippen LogP contribution in [0.4, 0.5) is 0 Å². The van der Waals surface area contributed by atoms with Gasteiger partial charge < -0.3 is 5.73 Å². The Morgan fingerprint density at radius 1 is 1.33 bits per heavy atom. The summed E-state index contributed by atoms with van der Waals surface area (Å²) in [5, 5.41) is 8.08. The molecule has 3 N–H and O–H groups in total. The number of hydrogen-bond donors (Lipinski definition) is 2. The Labute approximate surface area is 146 Å². The molecule has 5 nitrogen and oxygen atoms in total. The lowest BCUT2D eigenvalue weighted by Gasteiger charge is -2.23. The molecule has 1 atom stereocenters. The molecular weight excluding hydrogens is 324 g/mol. The average molecular weight is 343 g/mol. The van der Waals surface area contributed by atoms with Gasteiger partial charge in [-0.2, -0.15) is 0 Å². The molecule has 1 fully saturated rings. The van der Waals surface area contributed by atoms with Gasteiger partial charge in [0.2, 0.25) is 5.91 Å². The molecule has 124 valence electrons. The number of benzene rings is 1. The van der Waals surface area contributed by atoms with Gasteiger partial charge in [-0.15, -0.1) is 0 Å². The molecule has 2 aromatic rings. The second kappa shape index (κ2) is 6.61. The van der Waals surface area contributed by atoms with Crippen molar-refractivity contribution in [1.82, 2.24) is 9.88 Å². The normalized spacial score (nSPS) is 14.9. The van der Waals surface area contributed by atoms with E-state index in [-0.39, 0.29) is 17.8 Å². The number of carbonyl (C=O) groups excluding carboxylic acids is 1. The fourth-order valence-corrected chi connectivity index (χ4v) is 3.03. The van der Waals surface area contributed by atoms with Gasteiger partial charge >= 0.3 is 0 Å². The van der Waals surface area contributed by atoms with Gasteiger partial charge in [-0.1, -0.05) is 35.9 Å². The van der Waals surface area contributed by atoms with E-state index in [1.54, 1.807) is 19.4 Å². The summed E-state index contributed by atoms with van der Waals surface area (Å²) in [5.41, 5.74) is 8.29. The second-order valence-electron chi connectivity index (χ2n) is 6.11. The molecule has 0 bridgehead atoms. The van der Waals surface area contributed by atoms with Gasteiger partial charge in [-0.05, 0) is 36.0 Å². The SMILES string of the molecule is CN(C(=N)N)C(=O)[C@H](c1cccc(-c2cncc(Cl)c2)c1)C1CC1. The zero-order valence-electron chi connectivity index (χ0n) is 13.4. The fraction of sp³-hybridized carbons (Fsp3) is 0.278. The van der Waals surface area contributed by atoms with Crippen LogP contribution in [0.1, 0.15) is 24.3 Å². The van der Waals surface area contributed by atoms with E-state index in [2.05, 4.69) is 4.98 Å². The van der Waals surface area contributed by atoms with Crippen molar-refractivity contribution in [3.8, 4) is 11.1 Å². The Kier molecular flexibility index (Phi) is 4.53. The minimum atomic E-state index is -0.272. The van der Waals surface area contributed by atoms with Crippen molar-refractivity contribution in [3.63, 3.8) is 0 Å². The number of nitrogens with zero attached hydrogens (tertiary/aromatic N) is 2. The highest BCUT2D eigenvalue weighted by atomic mass is 35.5. The average Bonchev–Trinajstić information content (AvgIpc) is 3.39. The molecule has 0 aliphatic heterocycles. The molecule has 0 spiro atoms. The van der Waals surface area contributed by atoms with E-state index in [4.69, 9.17) is 22.7 Å². The van der Waals surface area contributed by atoms with Crippen molar-refractivity contribution in [2.24, 2.45) is 11.7 Å². The summed E-state index contributed by atoms with van der Waals surface area (Å²) in [5.74, 6) is -0.328. The second-order valence-corrected chi connectivity index (χ2v) is 6.55. The predicted molar refractivity (Wildman–Crippen MR) is 94.8 cm³/mol. The highest BCUT2D eigenvalue weighted by molar-refractivity contribution is 6.30. The number of likely N-dealkylation sites (N-methyl/N-ethyl adjacent to an activating group) is 1. The Morgan fingerprint density at radius 2 is 2.08 bits per heavy atom. The van der Waals surface area contributed by atoms with Gasteiger partial charge in [-0.3, -0.25) is 20.1 Å². The maximum absolute atomic E-state index is 12.7. The van der Waals surface area contributed by atoms with E-state index in [1.807, 2.05) is 30.3 Å². The molecule has 1 aromatic carbocycles. The number of rotatable bonds is 4. The van der Waals surface area contributed by atoms with Crippen LogP contribution in [0.25, 0.3) is 11.1 Å². The minimum Gasteiger partial charge on any atom is -0.370 e. The highest BCUT2D eigenvalue weighted by Crippen LogP contribution is 2.44. The van der Waals surface area contributed by atoms with Gasteiger partial charge in [0.15, 0.2) is 5.96 Å². The Balaban J connectivity index is 1.96. The molecule has 1 saturated carbocycles. The number of halogens is 1. The van der Waals surface area contributed by atoms with E-state index in [9.17, 15) is 4.79 Å². The first-order valence-corrected chi connectivity index (χ1v) is 8.17. The van der Waals surface area contributed by atoms with Gasteiger partial charge in [0.1, 0.15) is 0 Å². The van der Waals surface area contributed by atoms with E-state index in [1.165, 1.54) is 4.90 Å². The number of amides is 1. The standard InChI is InChI=1S/C18H19ClN4O/c1-23(18(20)21)17(24)16(11-5-6-11)13-4-2-3-12(7-13)14-8-15(19)10-22-9-14/h2-4,7-11,16H,5-6H2,1H3,(H3,20,21)/t16-/m0/s1. The third-order valence-electron chi connectivity index (χ3n) is 4.34. The molecule has 1 aromatic heterocycles. The molecule has 1 heterocycles. The van der Waals surface area contributed by atoms with E-state index in [0.717, 1.165) is 29.5 Å². The first kappa shape index (κ1) is 16.5. The van der Waals surface area contributed by atoms with Crippen molar-refractivity contribution in [3.05, 3.63) is 53.3 Å². The number of pyridine rings is 1. The van der Waals surface area contributed by atoms with Crippen LogP contribution in [-0.4, -0.2) is 28.8 Å². The molecule has 0 radical (unpaired) electrons. The van der Waals surface area contributed by atoms with Gasteiger partial charge in [0.05, 0.1) is 10.9 Å². The summed E-state index contributed by atoms with van der Waals surface area (Å²) >= 11 is 6.02. The lowest BCUT2D eigenvalue weighted by atomic mass is 9.90. The van der Waals surface area contributed by atoms with Crippen molar-refractivity contribution in [1.29, 1.82) is 5.41 Å². The maximum atomic E-state index is 12.7. The van der Waals surface area contributed by atoms with Crippen molar-refractivity contribution in [2.45, 2.75) is 18.8 Å². The monoisotopic (exact) mass is 342 g/mol. The first-order chi connectivity index (χ1) is 11.5. The quantitative estimate of drug-likeness (QED) is 0.661. The summed E-state index contributed by atoms with van der Waals surface area (Å²) in [6, 6.07) is 9.71. The summed E-state index contributed by atoms with van der Waals surface area (Å²) < 4.78 is 0. The Morgan fingerprint density at radius 3 is 2.71 bits per heavy atom. The summed E-state index contributed by atoms with van der Waals surface area (Å²) in [4.78, 5) is 18.1. The van der Waals surface area contributed by atoms with E-state index < -0.39 is 0 Å². The van der Waals surface area contributed by atoms with Gasteiger partial charge in [0, 0.05) is 25.0 Å². The van der Waals surface area contributed by atoms with Crippen LogP contribution in [-0.2, 0) is 4.79 Å². The van der Waals surface area contributed by atoms with Crippen LogP contribution in [0.5, 0.6) is 0 Å². The lowest BCUT2D eigenvalue weighted by Crippen LogP contribution is -2.41. The molecule has 0 saturated heterocycles. The molecular formula is C18H19ClN4O. The lowest BCUT2D eigenvalue weighted by molar-refractivity contribution is -0.128. The number of carbonyl (C=O) groups is 1. The minimum absolute atomic E-state index is 0.133. The molecule has 3 rings (SSSR count). The van der Waals surface area contributed by atoms with Crippen LogP contribution >= 0.6 is 11.6 Å². The third-order valence-corrected chi connectivity index (χ3v) is 4.54. The van der Waals surface area contributed by atoms with Crippen molar-refractivity contribution >= 4 is 23.5 Å².